The number of aromatic amines is 1. The van der Waals surface area contributed by atoms with Gasteiger partial charge in [-0.1, -0.05) is 12.1 Å². The number of aromatic nitrogens is 3. The van der Waals surface area contributed by atoms with Gasteiger partial charge in [0, 0.05) is 23.1 Å². The van der Waals surface area contributed by atoms with Gasteiger partial charge in [0.25, 0.3) is 11.5 Å². The second-order valence-electron chi connectivity index (χ2n) is 6.61. The number of thiazole rings is 1. The molecule has 0 spiro atoms. The predicted molar refractivity (Wildman–Crippen MR) is 117 cm³/mol. The summed E-state index contributed by atoms with van der Waals surface area (Å²) in [6.45, 7) is -1.07. The summed E-state index contributed by atoms with van der Waals surface area (Å²) >= 11 is 1.11. The van der Waals surface area contributed by atoms with Gasteiger partial charge in [0.05, 0.1) is 16.6 Å². The summed E-state index contributed by atoms with van der Waals surface area (Å²) < 4.78 is 30.9. The number of carbonyl (C=O) groups excluding carboxylic acids is 1. The fraction of sp³-hybridized carbons (Fsp3) is 0.143. The van der Waals surface area contributed by atoms with Crippen LogP contribution in [-0.2, 0) is 6.54 Å². The molecular weight excluding hydrogens is 442 g/mol. The molecule has 2 N–H and O–H groups in total. The molecule has 32 heavy (non-hydrogen) atoms. The highest BCUT2D eigenvalue weighted by molar-refractivity contribution is 7.14. The first-order valence-corrected chi connectivity index (χ1v) is 10.3. The first-order chi connectivity index (χ1) is 15.4. The molecule has 1 amide bonds. The van der Waals surface area contributed by atoms with Crippen LogP contribution < -0.4 is 21.3 Å². The quantitative estimate of drug-likeness (QED) is 0.459. The standard InChI is InChI=1S/C21H16F2N4O4S/c1-2-27-18(29)13-8-7-11(9-14(13)25-21(27)30)17(28)26-20-24-15(10-32-20)12-5-3-4-6-16(12)31-19(22)23/h3-10,19H,2H2,1H3,(H,25,30)(H,24,26,28). The Kier molecular flexibility index (Phi) is 5.82. The van der Waals surface area contributed by atoms with Crippen LogP contribution in [0.3, 0.4) is 0 Å². The number of nitrogens with zero attached hydrogens (tertiary/aromatic N) is 2. The molecule has 11 heteroatoms. The van der Waals surface area contributed by atoms with E-state index in [1.54, 1.807) is 30.5 Å². The van der Waals surface area contributed by atoms with Crippen molar-refractivity contribution in [2.75, 3.05) is 5.32 Å². The Bertz CT molecular complexity index is 1430. The molecule has 4 aromatic rings. The lowest BCUT2D eigenvalue weighted by atomic mass is 10.1. The third kappa shape index (κ3) is 4.14. The largest absolute Gasteiger partial charge is 0.434 e. The molecule has 2 aromatic carbocycles. The molecule has 0 radical (unpaired) electrons. The molecule has 0 atom stereocenters. The number of hydrogen-bond acceptors (Lipinski definition) is 6. The predicted octanol–water partition coefficient (Wildman–Crippen LogP) is 3.69. The van der Waals surface area contributed by atoms with E-state index in [2.05, 4.69) is 20.0 Å². The van der Waals surface area contributed by atoms with Gasteiger partial charge in [-0.15, -0.1) is 11.3 Å². The second-order valence-corrected chi connectivity index (χ2v) is 7.46. The topological polar surface area (TPSA) is 106 Å². The highest BCUT2D eigenvalue weighted by Gasteiger charge is 2.16. The third-order valence-electron chi connectivity index (χ3n) is 4.66. The lowest BCUT2D eigenvalue weighted by Gasteiger charge is -2.08. The minimum Gasteiger partial charge on any atom is -0.434 e. The fourth-order valence-corrected chi connectivity index (χ4v) is 3.89. The molecule has 4 rings (SSSR count). The summed E-state index contributed by atoms with van der Waals surface area (Å²) in [4.78, 5) is 43.9. The lowest BCUT2D eigenvalue weighted by Crippen LogP contribution is -2.34. The Morgan fingerprint density at radius 1 is 1.25 bits per heavy atom. The molecule has 0 aliphatic rings. The number of halogens is 2. The van der Waals surface area contributed by atoms with Gasteiger partial charge in [0.15, 0.2) is 5.13 Å². The molecule has 2 heterocycles. The average molecular weight is 458 g/mol. The number of rotatable bonds is 6. The van der Waals surface area contributed by atoms with Gasteiger partial charge in [-0.25, -0.2) is 9.78 Å². The van der Waals surface area contributed by atoms with Gasteiger partial charge in [-0.2, -0.15) is 8.78 Å². The van der Waals surface area contributed by atoms with Gasteiger partial charge < -0.3 is 9.72 Å². The van der Waals surface area contributed by atoms with E-state index in [9.17, 15) is 23.2 Å². The molecule has 0 aliphatic carbocycles. The maximum Gasteiger partial charge on any atom is 0.387 e. The van der Waals surface area contributed by atoms with Crippen LogP contribution in [0.1, 0.15) is 17.3 Å². The number of para-hydroxylation sites is 1. The maximum atomic E-state index is 12.7. The van der Waals surface area contributed by atoms with Crippen molar-refractivity contribution in [1.29, 1.82) is 0 Å². The minimum absolute atomic E-state index is 0.0260. The highest BCUT2D eigenvalue weighted by atomic mass is 32.1. The van der Waals surface area contributed by atoms with Gasteiger partial charge in [-0.3, -0.25) is 19.5 Å². The van der Waals surface area contributed by atoms with Crippen molar-refractivity contribution in [2.45, 2.75) is 20.1 Å². The monoisotopic (exact) mass is 458 g/mol. The number of H-pyrrole nitrogens is 1. The molecule has 8 nitrogen and oxygen atoms in total. The van der Waals surface area contributed by atoms with Crippen LogP contribution in [-0.4, -0.2) is 27.1 Å². The summed E-state index contributed by atoms with van der Waals surface area (Å²) in [6, 6.07) is 10.6. The number of alkyl halides is 2. The molecule has 0 fully saturated rings. The van der Waals surface area contributed by atoms with Crippen LogP contribution in [0.2, 0.25) is 0 Å². The fourth-order valence-electron chi connectivity index (χ4n) is 3.18. The first kappa shape index (κ1) is 21.4. The van der Waals surface area contributed by atoms with Crippen molar-refractivity contribution in [3.8, 4) is 17.0 Å². The lowest BCUT2D eigenvalue weighted by molar-refractivity contribution is -0.0494. The van der Waals surface area contributed by atoms with E-state index < -0.39 is 23.8 Å². The van der Waals surface area contributed by atoms with Crippen LogP contribution in [0.25, 0.3) is 22.2 Å². The number of anilines is 1. The molecule has 2 aromatic heterocycles. The molecule has 0 unspecified atom stereocenters. The van der Waals surface area contributed by atoms with E-state index >= 15 is 0 Å². The van der Waals surface area contributed by atoms with Crippen LogP contribution in [0.15, 0.2) is 57.4 Å². The number of nitrogens with one attached hydrogen (secondary N) is 2. The van der Waals surface area contributed by atoms with E-state index in [0.29, 0.717) is 11.3 Å². The first-order valence-electron chi connectivity index (χ1n) is 9.45. The van der Waals surface area contributed by atoms with Crippen molar-refractivity contribution in [2.24, 2.45) is 0 Å². The number of benzene rings is 2. The summed E-state index contributed by atoms with van der Waals surface area (Å²) in [5, 5.41) is 4.76. The zero-order valence-electron chi connectivity index (χ0n) is 16.6. The van der Waals surface area contributed by atoms with E-state index in [-0.39, 0.29) is 33.9 Å². The number of ether oxygens (including phenoxy) is 1. The van der Waals surface area contributed by atoms with Gasteiger partial charge in [0.1, 0.15) is 5.75 Å². The SMILES string of the molecule is CCn1c(=O)[nH]c2cc(C(=O)Nc3nc(-c4ccccc4OC(F)F)cs3)ccc2c1=O. The Labute approximate surface area is 183 Å². The summed E-state index contributed by atoms with van der Waals surface area (Å²) in [5.74, 6) is -0.535. The highest BCUT2D eigenvalue weighted by Crippen LogP contribution is 2.33. The van der Waals surface area contributed by atoms with E-state index in [0.717, 1.165) is 15.9 Å². The van der Waals surface area contributed by atoms with Crippen molar-refractivity contribution in [3.05, 3.63) is 74.2 Å². The van der Waals surface area contributed by atoms with Gasteiger partial charge in [0.2, 0.25) is 0 Å². The van der Waals surface area contributed by atoms with Crippen molar-refractivity contribution >= 4 is 33.3 Å². The molecule has 0 bridgehead atoms. The molecule has 0 saturated carbocycles. The Morgan fingerprint density at radius 2 is 2.03 bits per heavy atom. The van der Waals surface area contributed by atoms with E-state index in [1.807, 2.05) is 0 Å². The number of hydrogen-bond donors (Lipinski definition) is 2. The Balaban J connectivity index is 1.60. The summed E-state index contributed by atoms with van der Waals surface area (Å²) in [5.41, 5.74) is 0.184. The maximum absolute atomic E-state index is 12.7. The molecule has 0 saturated heterocycles. The molecular formula is C21H16F2N4O4S. The minimum atomic E-state index is -2.98. The zero-order valence-corrected chi connectivity index (χ0v) is 17.4. The second kappa shape index (κ2) is 8.71. The number of carbonyl (C=O) groups is 1. The Morgan fingerprint density at radius 3 is 2.78 bits per heavy atom. The third-order valence-corrected chi connectivity index (χ3v) is 5.42. The average Bonchev–Trinajstić information content (AvgIpc) is 3.21. The summed E-state index contributed by atoms with van der Waals surface area (Å²) in [7, 11) is 0. The number of amides is 1. The molecule has 164 valence electrons. The molecule has 0 aliphatic heterocycles. The van der Waals surface area contributed by atoms with Crippen molar-refractivity contribution in [1.82, 2.24) is 14.5 Å². The zero-order chi connectivity index (χ0) is 22.8. The van der Waals surface area contributed by atoms with Crippen LogP contribution in [0, 0.1) is 0 Å². The Hall–Kier alpha value is -3.86. The van der Waals surface area contributed by atoms with Crippen molar-refractivity contribution < 1.29 is 18.3 Å². The summed E-state index contributed by atoms with van der Waals surface area (Å²) in [6.07, 6.45) is 0. The van der Waals surface area contributed by atoms with Gasteiger partial charge in [-0.05, 0) is 37.3 Å². The van der Waals surface area contributed by atoms with E-state index in [4.69, 9.17) is 0 Å². The smallest absolute Gasteiger partial charge is 0.387 e. The normalized spacial score (nSPS) is 11.1. The van der Waals surface area contributed by atoms with Crippen LogP contribution in [0.5, 0.6) is 5.75 Å². The van der Waals surface area contributed by atoms with E-state index in [1.165, 1.54) is 24.3 Å². The van der Waals surface area contributed by atoms with Crippen LogP contribution >= 0.6 is 11.3 Å². The van der Waals surface area contributed by atoms with Crippen LogP contribution in [0.4, 0.5) is 13.9 Å². The number of fused-ring (bicyclic) bond motifs is 1. The van der Waals surface area contributed by atoms with Gasteiger partial charge >= 0.3 is 12.3 Å². The van der Waals surface area contributed by atoms with Crippen molar-refractivity contribution in [3.63, 3.8) is 0 Å².